The summed E-state index contributed by atoms with van der Waals surface area (Å²) >= 11 is 0. The fourth-order valence-electron chi connectivity index (χ4n) is 4.68. The Morgan fingerprint density at radius 1 is 0.825 bits per heavy atom. The molecule has 0 radical (unpaired) electrons. The molecule has 40 heavy (non-hydrogen) atoms. The average Bonchev–Trinajstić information content (AvgIpc) is 3.19. The SMILES string of the molecule is C=CCCCCCCCCCC=C1C(=O)OC(=C)[C@H]1OC(=O)/C(=C\CCCCCCCCCC=C)[C@H](O)C(C)=O. The third kappa shape index (κ3) is 14.6. The van der Waals surface area contributed by atoms with Gasteiger partial charge in [0.15, 0.2) is 11.9 Å². The quantitative estimate of drug-likeness (QED) is 0.0558. The Balaban J connectivity index is 2.59. The molecule has 1 heterocycles. The van der Waals surface area contributed by atoms with E-state index in [-0.39, 0.29) is 16.9 Å². The molecule has 0 amide bonds. The summed E-state index contributed by atoms with van der Waals surface area (Å²) in [5.74, 6) is -1.92. The molecule has 0 aromatic carbocycles. The Hall–Kier alpha value is -2.73. The number of hydrogen-bond acceptors (Lipinski definition) is 6. The summed E-state index contributed by atoms with van der Waals surface area (Å²) < 4.78 is 10.7. The monoisotopic (exact) mass is 556 g/mol. The first kappa shape index (κ1) is 35.3. The van der Waals surface area contributed by atoms with E-state index in [0.717, 1.165) is 57.8 Å². The molecule has 1 rings (SSSR count). The number of unbranched alkanes of at least 4 members (excludes halogenated alkanes) is 16. The maximum absolute atomic E-state index is 13.0. The van der Waals surface area contributed by atoms with Crippen molar-refractivity contribution in [2.45, 2.75) is 135 Å². The molecule has 0 bridgehead atoms. The topological polar surface area (TPSA) is 89.9 Å². The van der Waals surface area contributed by atoms with Gasteiger partial charge in [-0.25, -0.2) is 9.59 Å². The Kier molecular flexibility index (Phi) is 19.4. The Morgan fingerprint density at radius 2 is 1.27 bits per heavy atom. The number of aliphatic hydroxyl groups excluding tert-OH is 1. The van der Waals surface area contributed by atoms with Crippen LogP contribution in [0, 0.1) is 0 Å². The molecular weight excluding hydrogens is 504 g/mol. The minimum absolute atomic E-state index is 0.0360. The third-order valence-electron chi connectivity index (χ3n) is 7.13. The van der Waals surface area contributed by atoms with Crippen LogP contribution >= 0.6 is 0 Å². The number of hydrogen-bond donors (Lipinski definition) is 1. The first-order valence-electron chi connectivity index (χ1n) is 15.3. The van der Waals surface area contributed by atoms with E-state index in [1.807, 2.05) is 12.2 Å². The molecule has 0 aromatic heterocycles. The van der Waals surface area contributed by atoms with E-state index in [1.54, 1.807) is 12.2 Å². The second-order valence-electron chi connectivity index (χ2n) is 10.7. The molecule has 6 nitrogen and oxygen atoms in total. The van der Waals surface area contributed by atoms with Crippen LogP contribution in [0.5, 0.6) is 0 Å². The van der Waals surface area contributed by atoms with Crippen LogP contribution in [0.25, 0.3) is 0 Å². The second-order valence-corrected chi connectivity index (χ2v) is 10.7. The molecule has 0 aromatic rings. The number of ketones is 1. The van der Waals surface area contributed by atoms with Crippen LogP contribution in [0.3, 0.4) is 0 Å². The largest absolute Gasteiger partial charge is 0.446 e. The molecule has 0 unspecified atom stereocenters. The number of aliphatic hydroxyl groups is 1. The third-order valence-corrected chi connectivity index (χ3v) is 7.13. The van der Waals surface area contributed by atoms with Crippen molar-refractivity contribution < 1.29 is 29.0 Å². The number of carbonyl (C=O) groups is 3. The molecule has 1 fully saturated rings. The van der Waals surface area contributed by atoms with E-state index in [4.69, 9.17) is 9.47 Å². The fraction of sp³-hybridized carbons (Fsp3) is 0.618. The van der Waals surface area contributed by atoms with Gasteiger partial charge in [-0.2, -0.15) is 0 Å². The fourth-order valence-corrected chi connectivity index (χ4v) is 4.68. The molecule has 1 aliphatic heterocycles. The smallest absolute Gasteiger partial charge is 0.343 e. The van der Waals surface area contributed by atoms with Gasteiger partial charge in [-0.1, -0.05) is 95.1 Å². The predicted molar refractivity (Wildman–Crippen MR) is 161 cm³/mol. The van der Waals surface area contributed by atoms with Gasteiger partial charge >= 0.3 is 11.9 Å². The van der Waals surface area contributed by atoms with Crippen LogP contribution < -0.4 is 0 Å². The molecule has 0 spiro atoms. The first-order chi connectivity index (χ1) is 19.3. The van der Waals surface area contributed by atoms with Crippen molar-refractivity contribution in [1.29, 1.82) is 0 Å². The van der Waals surface area contributed by atoms with Crippen LogP contribution in [0.1, 0.15) is 122 Å². The highest BCUT2D eigenvalue weighted by Crippen LogP contribution is 2.28. The summed E-state index contributed by atoms with van der Waals surface area (Å²) in [4.78, 5) is 37.3. The zero-order valence-corrected chi connectivity index (χ0v) is 24.8. The predicted octanol–water partition coefficient (Wildman–Crippen LogP) is 8.17. The van der Waals surface area contributed by atoms with Gasteiger partial charge in [0.25, 0.3) is 0 Å². The molecular formula is C34H52O6. The number of carbonyl (C=O) groups excluding carboxylic acids is 3. The standard InChI is InChI=1S/C34H52O6/c1-5-7-9-11-13-15-17-19-21-23-25-29(31(36)27(3)35)33(37)40-32-28(4)39-34(38)30(32)26-24-22-20-18-16-14-12-10-8-6-2/h5-6,25-26,31-32,36H,1-2,4,7-24H2,3H3/b29-25-,30-26?/t31-,32-/m1/s1. The van der Waals surface area contributed by atoms with E-state index < -0.39 is 29.9 Å². The zero-order valence-electron chi connectivity index (χ0n) is 24.8. The Labute approximate surface area is 242 Å². The molecule has 2 atom stereocenters. The van der Waals surface area contributed by atoms with E-state index >= 15 is 0 Å². The molecule has 1 N–H and O–H groups in total. The normalized spacial score (nSPS) is 17.1. The van der Waals surface area contributed by atoms with E-state index in [9.17, 15) is 19.5 Å². The van der Waals surface area contributed by atoms with Gasteiger partial charge in [0.1, 0.15) is 11.9 Å². The summed E-state index contributed by atoms with van der Waals surface area (Å²) in [5, 5.41) is 10.4. The number of cyclic esters (lactones) is 1. The maximum atomic E-state index is 13.0. The number of esters is 2. The average molecular weight is 557 g/mol. The van der Waals surface area contributed by atoms with Crippen LogP contribution in [-0.2, 0) is 23.9 Å². The van der Waals surface area contributed by atoms with E-state index in [1.165, 1.54) is 51.9 Å². The van der Waals surface area contributed by atoms with Gasteiger partial charge in [-0.05, 0) is 58.3 Å². The van der Waals surface area contributed by atoms with Gasteiger partial charge in [0.2, 0.25) is 0 Å². The summed E-state index contributed by atoms with van der Waals surface area (Å²) in [5.41, 5.74) is 0.143. The van der Waals surface area contributed by atoms with Crippen LogP contribution in [-0.4, -0.2) is 35.0 Å². The van der Waals surface area contributed by atoms with Crippen LogP contribution in [0.4, 0.5) is 0 Å². The molecule has 0 saturated carbocycles. The van der Waals surface area contributed by atoms with Crippen molar-refractivity contribution in [3.8, 4) is 0 Å². The highest BCUT2D eigenvalue weighted by atomic mass is 16.6. The summed E-state index contributed by atoms with van der Waals surface area (Å²) in [7, 11) is 0. The minimum Gasteiger partial charge on any atom is -0.446 e. The number of allylic oxidation sites excluding steroid dienone is 4. The number of rotatable bonds is 24. The van der Waals surface area contributed by atoms with Gasteiger partial charge in [-0.15, -0.1) is 13.2 Å². The maximum Gasteiger partial charge on any atom is 0.343 e. The van der Waals surface area contributed by atoms with Crippen molar-refractivity contribution in [3.05, 3.63) is 60.9 Å². The molecule has 1 aliphatic rings. The molecule has 224 valence electrons. The minimum atomic E-state index is -1.58. The van der Waals surface area contributed by atoms with Gasteiger partial charge in [-0.3, -0.25) is 4.79 Å². The van der Waals surface area contributed by atoms with Crippen molar-refractivity contribution in [3.63, 3.8) is 0 Å². The lowest BCUT2D eigenvalue weighted by Crippen LogP contribution is -2.29. The van der Waals surface area contributed by atoms with Gasteiger partial charge in [0.05, 0.1) is 11.1 Å². The first-order valence-corrected chi connectivity index (χ1v) is 15.3. The molecule has 1 saturated heterocycles. The highest BCUT2D eigenvalue weighted by Gasteiger charge is 2.38. The van der Waals surface area contributed by atoms with Crippen molar-refractivity contribution in [2.75, 3.05) is 0 Å². The van der Waals surface area contributed by atoms with Crippen LogP contribution in [0.2, 0.25) is 0 Å². The second kappa shape index (κ2) is 22.0. The zero-order chi connectivity index (χ0) is 29.6. The van der Waals surface area contributed by atoms with Gasteiger partial charge < -0.3 is 14.6 Å². The highest BCUT2D eigenvalue weighted by molar-refractivity contribution is 6.00. The lowest BCUT2D eigenvalue weighted by Gasteiger charge is -2.16. The molecule has 0 aliphatic carbocycles. The Bertz CT molecular complexity index is 881. The lowest BCUT2D eigenvalue weighted by atomic mass is 10.0. The summed E-state index contributed by atoms with van der Waals surface area (Å²) in [6, 6.07) is 0. The Morgan fingerprint density at radius 3 is 1.75 bits per heavy atom. The number of Topliss-reactive ketones (excluding diaryl/α,β-unsaturated/α-hetero) is 1. The summed E-state index contributed by atoms with van der Waals surface area (Å²) in [6.07, 6.45) is 23.6. The number of ether oxygens (including phenoxy) is 2. The summed E-state index contributed by atoms with van der Waals surface area (Å²) in [6.45, 7) is 12.4. The molecule has 6 heteroatoms. The van der Waals surface area contributed by atoms with Gasteiger partial charge in [0, 0.05) is 0 Å². The van der Waals surface area contributed by atoms with Crippen molar-refractivity contribution >= 4 is 17.7 Å². The van der Waals surface area contributed by atoms with E-state index in [2.05, 4.69) is 19.7 Å². The lowest BCUT2D eigenvalue weighted by molar-refractivity contribution is -0.144. The van der Waals surface area contributed by atoms with E-state index in [0.29, 0.717) is 12.8 Å². The van der Waals surface area contributed by atoms with Crippen molar-refractivity contribution in [2.24, 2.45) is 0 Å². The van der Waals surface area contributed by atoms with Crippen LogP contribution in [0.15, 0.2) is 60.9 Å². The van der Waals surface area contributed by atoms with Crippen molar-refractivity contribution in [1.82, 2.24) is 0 Å².